The molecule has 0 spiro atoms. The van der Waals surface area contributed by atoms with E-state index in [0.717, 1.165) is 94.7 Å². The highest BCUT2D eigenvalue weighted by molar-refractivity contribution is 6.19. The maximum atomic E-state index is 6.93. The molecule has 2 aliphatic carbocycles. The fraction of sp³-hybridized carbons (Fsp3) is 0. The predicted octanol–water partition coefficient (Wildman–Crippen LogP) is 20.2. The van der Waals surface area contributed by atoms with Gasteiger partial charge in [0.15, 0.2) is 11.2 Å². The van der Waals surface area contributed by atoms with E-state index in [4.69, 9.17) is 8.83 Å². The largest absolute Gasteiger partial charge is 0.454 e. The molecule has 0 radical (unpaired) electrons. The molecule has 0 saturated heterocycles. The molecule has 0 aliphatic heterocycles. The van der Waals surface area contributed by atoms with Crippen LogP contribution in [0.25, 0.3) is 132 Å². The average molecular weight is 995 g/mol. The highest BCUT2D eigenvalue weighted by Crippen LogP contribution is 2.53. The van der Waals surface area contributed by atoms with Crippen molar-refractivity contribution in [3.05, 3.63) is 255 Å². The van der Waals surface area contributed by atoms with Crippen LogP contribution < -0.4 is 9.80 Å². The Kier molecular flexibility index (Phi) is 9.03. The van der Waals surface area contributed by atoms with Crippen LogP contribution in [0.2, 0.25) is 0 Å². The zero-order valence-electron chi connectivity index (χ0n) is 41.9. The molecular formula is C72H42N4O2. The number of para-hydroxylation sites is 3. The van der Waals surface area contributed by atoms with Crippen LogP contribution in [0.1, 0.15) is 0 Å². The summed E-state index contributed by atoms with van der Waals surface area (Å²) in [6.45, 7) is 0. The molecule has 17 rings (SSSR count). The number of fused-ring (bicyclic) bond motifs is 12. The Labute approximate surface area is 448 Å². The van der Waals surface area contributed by atoms with Crippen LogP contribution in [-0.2, 0) is 0 Å². The van der Waals surface area contributed by atoms with Crippen LogP contribution in [0, 0.1) is 0 Å². The lowest BCUT2D eigenvalue weighted by atomic mass is 9.95. The summed E-state index contributed by atoms with van der Waals surface area (Å²) in [7, 11) is 0. The molecular weight excluding hydrogens is 953 g/mol. The maximum Gasteiger partial charge on any atom is 0.159 e. The first-order chi connectivity index (χ1) is 38.7. The summed E-state index contributed by atoms with van der Waals surface area (Å²) >= 11 is 0. The Hall–Kier alpha value is -10.6. The minimum atomic E-state index is 0.810. The topological polar surface area (TPSA) is 58.5 Å². The molecule has 0 bridgehead atoms. The van der Waals surface area contributed by atoms with E-state index in [0.29, 0.717) is 0 Å². The molecule has 15 aromatic rings. The van der Waals surface area contributed by atoms with E-state index >= 15 is 0 Å². The summed E-state index contributed by atoms with van der Waals surface area (Å²) in [5, 5.41) is 9.35. The lowest BCUT2D eigenvalue weighted by Crippen LogP contribution is -2.10. The van der Waals surface area contributed by atoms with Gasteiger partial charge in [0.2, 0.25) is 0 Å². The molecule has 2 aliphatic rings. The molecule has 0 fully saturated rings. The normalized spacial score (nSPS) is 12.1. The van der Waals surface area contributed by atoms with Gasteiger partial charge in [-0.15, -0.1) is 0 Å². The van der Waals surface area contributed by atoms with Crippen molar-refractivity contribution >= 4 is 99.5 Å². The summed E-state index contributed by atoms with van der Waals surface area (Å²) in [6.07, 6.45) is 7.48. The summed E-state index contributed by atoms with van der Waals surface area (Å²) in [4.78, 5) is 13.7. The monoisotopic (exact) mass is 994 g/mol. The Morgan fingerprint density at radius 1 is 0.282 bits per heavy atom. The van der Waals surface area contributed by atoms with Crippen molar-refractivity contribution < 1.29 is 8.83 Å². The zero-order chi connectivity index (χ0) is 51.0. The van der Waals surface area contributed by atoms with Gasteiger partial charge in [-0.3, -0.25) is 9.97 Å². The van der Waals surface area contributed by atoms with Gasteiger partial charge < -0.3 is 18.6 Å². The van der Waals surface area contributed by atoms with Gasteiger partial charge in [-0.1, -0.05) is 133 Å². The molecule has 4 aromatic heterocycles. The second kappa shape index (κ2) is 16.5. The molecule has 0 N–H and O–H groups in total. The number of hydrogen-bond donors (Lipinski definition) is 0. The van der Waals surface area contributed by atoms with Gasteiger partial charge in [-0.25, -0.2) is 0 Å². The number of pyridine rings is 2. The standard InChI is InChI=1S/C72H42N4O2/c1-2-23-67-55(15-1)59-19-6-22-66(71(59)77-67)76(52-14-9-35-74-42-52)50-30-32-54-57-17-5-12-47-36-48(39-64(70(47)57)62(54)40-50)46-27-33-68-63(38-46)60-20-7-21-65(72(60)78-68)75(51-13-8-34-73-41-51)49-28-24-43(25-29-49)45-26-31-53-56-16-3-10-44-11-4-18-58(69(44)56)61(53)37-45/h1-42H. The first-order valence-corrected chi connectivity index (χ1v) is 26.4. The Balaban J connectivity index is 0.755. The third-order valence-corrected chi connectivity index (χ3v) is 16.3. The fourth-order valence-corrected chi connectivity index (χ4v) is 12.8. The van der Waals surface area contributed by atoms with E-state index in [-0.39, 0.29) is 0 Å². The highest BCUT2D eigenvalue weighted by atomic mass is 16.3. The fourth-order valence-electron chi connectivity index (χ4n) is 12.8. The van der Waals surface area contributed by atoms with Crippen LogP contribution in [0.4, 0.5) is 34.1 Å². The summed E-state index contributed by atoms with van der Waals surface area (Å²) in [5.74, 6) is 0. The molecule has 362 valence electrons. The van der Waals surface area contributed by atoms with E-state index in [1.54, 1.807) is 0 Å². The second-order valence-corrected chi connectivity index (χ2v) is 20.5. The lowest BCUT2D eigenvalue weighted by Gasteiger charge is -2.25. The zero-order valence-corrected chi connectivity index (χ0v) is 41.9. The number of aromatic nitrogens is 2. The van der Waals surface area contributed by atoms with Crippen molar-refractivity contribution in [1.29, 1.82) is 0 Å². The lowest BCUT2D eigenvalue weighted by molar-refractivity contribution is 0.668. The molecule has 6 heteroatoms. The maximum absolute atomic E-state index is 6.93. The Morgan fingerprint density at radius 3 is 1.51 bits per heavy atom. The van der Waals surface area contributed by atoms with Crippen molar-refractivity contribution in [3.63, 3.8) is 0 Å². The quantitative estimate of drug-likeness (QED) is 0.151. The minimum absolute atomic E-state index is 0.810. The summed E-state index contributed by atoms with van der Waals surface area (Å²) in [6, 6.07) is 83.1. The third-order valence-electron chi connectivity index (χ3n) is 16.3. The van der Waals surface area contributed by atoms with E-state index < -0.39 is 0 Å². The summed E-state index contributed by atoms with van der Waals surface area (Å²) < 4.78 is 13.6. The van der Waals surface area contributed by atoms with E-state index in [9.17, 15) is 0 Å². The van der Waals surface area contributed by atoms with Gasteiger partial charge in [0.1, 0.15) is 11.2 Å². The van der Waals surface area contributed by atoms with Gasteiger partial charge in [-0.2, -0.15) is 0 Å². The van der Waals surface area contributed by atoms with Crippen molar-refractivity contribution in [2.45, 2.75) is 0 Å². The smallest absolute Gasteiger partial charge is 0.159 e. The average Bonchev–Trinajstić information content (AvgIpc) is 4.27. The second-order valence-electron chi connectivity index (χ2n) is 20.5. The summed E-state index contributed by atoms with van der Waals surface area (Å²) in [5.41, 5.74) is 23.8. The van der Waals surface area contributed by atoms with Crippen LogP contribution >= 0.6 is 0 Å². The van der Waals surface area contributed by atoms with Gasteiger partial charge in [-0.05, 0) is 185 Å². The van der Waals surface area contributed by atoms with Gasteiger partial charge in [0, 0.05) is 45.3 Å². The third kappa shape index (κ3) is 6.31. The van der Waals surface area contributed by atoms with Crippen molar-refractivity contribution in [2.24, 2.45) is 0 Å². The number of benzene rings is 11. The first-order valence-electron chi connectivity index (χ1n) is 26.4. The van der Waals surface area contributed by atoms with E-state index in [2.05, 4.69) is 226 Å². The molecule has 0 amide bonds. The SMILES string of the molecule is c1cncc(N(c2ccc3c(c2)-c2cc(-c4ccc5oc6c(N(c7ccc(-c8ccc9c(c8)-c8cccc%10cccc-9c8%10)cc7)c7cccnc7)cccc6c5c4)cc4cccc-3c24)c2cccc3c2oc2ccccc23)c1. The van der Waals surface area contributed by atoms with Gasteiger partial charge in [0.25, 0.3) is 0 Å². The van der Waals surface area contributed by atoms with Crippen molar-refractivity contribution in [2.75, 3.05) is 9.80 Å². The Bertz CT molecular complexity index is 4980. The number of anilines is 6. The molecule has 0 atom stereocenters. The number of nitrogens with zero attached hydrogens (tertiary/aromatic N) is 4. The number of hydrogen-bond acceptors (Lipinski definition) is 6. The molecule has 0 saturated carbocycles. The highest BCUT2D eigenvalue weighted by Gasteiger charge is 2.28. The van der Waals surface area contributed by atoms with Crippen molar-refractivity contribution in [3.8, 4) is 66.8 Å². The van der Waals surface area contributed by atoms with Gasteiger partial charge >= 0.3 is 0 Å². The molecule has 6 nitrogen and oxygen atoms in total. The minimum Gasteiger partial charge on any atom is -0.454 e. The molecule has 78 heavy (non-hydrogen) atoms. The molecule has 4 heterocycles. The van der Waals surface area contributed by atoms with Crippen LogP contribution in [0.3, 0.4) is 0 Å². The van der Waals surface area contributed by atoms with Crippen molar-refractivity contribution in [1.82, 2.24) is 9.97 Å². The van der Waals surface area contributed by atoms with Crippen LogP contribution in [-0.4, -0.2) is 9.97 Å². The first kappa shape index (κ1) is 42.8. The number of furan rings is 2. The van der Waals surface area contributed by atoms with Crippen LogP contribution in [0.15, 0.2) is 264 Å². The van der Waals surface area contributed by atoms with Crippen LogP contribution in [0.5, 0.6) is 0 Å². The molecule has 11 aromatic carbocycles. The van der Waals surface area contributed by atoms with E-state index in [1.165, 1.54) is 71.6 Å². The number of rotatable bonds is 8. The van der Waals surface area contributed by atoms with Gasteiger partial charge in [0.05, 0.1) is 35.1 Å². The molecule has 0 unspecified atom stereocenters. The predicted molar refractivity (Wildman–Crippen MR) is 321 cm³/mol. The Morgan fingerprint density at radius 2 is 0.808 bits per heavy atom. The van der Waals surface area contributed by atoms with E-state index in [1.807, 2.05) is 49.1 Å².